The standard InChI is InChI=1S/C23H21ClN4O3.CH2O2/c24-15-4-5-17-19(11-15)26-12-18(20(17)29)21(30)28-10-7-23(14-28)6-9-27(22(23)31)13-16-3-1-2-8-25-16;2-1-3/h1-5,8,11-12H,6-7,9-10,13-14H2,(H,26,29);1H,(H,2,3). The highest BCUT2D eigenvalue weighted by atomic mass is 35.5. The minimum atomic E-state index is -0.568. The van der Waals surface area contributed by atoms with Crippen molar-refractivity contribution in [3.8, 4) is 0 Å². The first-order valence-electron chi connectivity index (χ1n) is 10.8. The van der Waals surface area contributed by atoms with E-state index in [1.807, 2.05) is 23.1 Å². The maximum Gasteiger partial charge on any atom is 0.290 e. The van der Waals surface area contributed by atoms with Crippen LogP contribution < -0.4 is 5.43 Å². The highest BCUT2D eigenvalue weighted by molar-refractivity contribution is 6.31. The van der Waals surface area contributed by atoms with Gasteiger partial charge in [0.05, 0.1) is 23.2 Å². The van der Waals surface area contributed by atoms with Crippen LogP contribution in [0.15, 0.2) is 53.6 Å². The SMILES string of the molecule is O=C(c1c[nH]c2cc(Cl)ccc2c1=O)N1CCC2(CCN(Cc3ccccn3)C2=O)C1.O=CO. The number of nitrogens with one attached hydrogen (secondary N) is 1. The summed E-state index contributed by atoms with van der Waals surface area (Å²) >= 11 is 5.99. The fourth-order valence-electron chi connectivity index (χ4n) is 4.68. The quantitative estimate of drug-likeness (QED) is 0.553. The van der Waals surface area contributed by atoms with Crippen molar-refractivity contribution in [2.45, 2.75) is 19.4 Å². The normalized spacial score (nSPS) is 19.4. The fourth-order valence-corrected chi connectivity index (χ4v) is 4.85. The number of pyridine rings is 2. The molecule has 2 N–H and O–H groups in total. The van der Waals surface area contributed by atoms with Gasteiger partial charge in [-0.25, -0.2) is 0 Å². The minimum Gasteiger partial charge on any atom is -0.483 e. The van der Waals surface area contributed by atoms with Gasteiger partial charge in [0.2, 0.25) is 11.3 Å². The van der Waals surface area contributed by atoms with Gasteiger partial charge in [-0.2, -0.15) is 0 Å². The van der Waals surface area contributed by atoms with E-state index < -0.39 is 5.41 Å². The fraction of sp³-hybridized carbons (Fsp3) is 0.292. The molecule has 1 aromatic carbocycles. The van der Waals surface area contributed by atoms with Crippen molar-refractivity contribution in [2.24, 2.45) is 5.41 Å². The van der Waals surface area contributed by atoms with Gasteiger partial charge in [0, 0.05) is 42.4 Å². The van der Waals surface area contributed by atoms with E-state index in [0.29, 0.717) is 54.9 Å². The Bertz CT molecular complexity index is 1300. The molecule has 9 nitrogen and oxygen atoms in total. The van der Waals surface area contributed by atoms with Crippen molar-refractivity contribution < 1.29 is 19.5 Å². The van der Waals surface area contributed by atoms with E-state index in [2.05, 4.69) is 9.97 Å². The first-order valence-corrected chi connectivity index (χ1v) is 11.1. The molecule has 2 saturated heterocycles. The molecular weight excluding hydrogens is 460 g/mol. The number of H-pyrrole nitrogens is 1. The van der Waals surface area contributed by atoms with Gasteiger partial charge in [-0.05, 0) is 43.2 Å². The molecule has 0 saturated carbocycles. The van der Waals surface area contributed by atoms with E-state index in [1.54, 1.807) is 29.3 Å². The number of hydrogen-bond acceptors (Lipinski definition) is 5. The first kappa shape index (κ1) is 23.4. The Balaban J connectivity index is 0.000000868. The zero-order chi connectivity index (χ0) is 24.3. The molecule has 1 spiro atoms. The Labute approximate surface area is 200 Å². The topological polar surface area (TPSA) is 124 Å². The van der Waals surface area contributed by atoms with Crippen LogP contribution in [0, 0.1) is 5.41 Å². The monoisotopic (exact) mass is 482 g/mol. The van der Waals surface area contributed by atoms with Crippen molar-refractivity contribution in [3.63, 3.8) is 0 Å². The molecule has 1 atom stereocenters. The molecule has 34 heavy (non-hydrogen) atoms. The van der Waals surface area contributed by atoms with E-state index in [0.717, 1.165) is 5.69 Å². The minimum absolute atomic E-state index is 0.0653. The van der Waals surface area contributed by atoms with Crippen LogP contribution in [-0.2, 0) is 16.1 Å². The molecule has 2 aromatic heterocycles. The zero-order valence-electron chi connectivity index (χ0n) is 18.2. The largest absolute Gasteiger partial charge is 0.483 e. The second kappa shape index (κ2) is 9.64. The van der Waals surface area contributed by atoms with Crippen LogP contribution >= 0.6 is 11.6 Å². The second-order valence-corrected chi connectivity index (χ2v) is 8.82. The molecule has 4 heterocycles. The number of likely N-dealkylation sites (tertiary alicyclic amines) is 2. The predicted molar refractivity (Wildman–Crippen MR) is 125 cm³/mol. The summed E-state index contributed by atoms with van der Waals surface area (Å²) in [6.45, 7) is 1.67. The molecular formula is C24H23ClN4O5. The number of nitrogens with zero attached hydrogens (tertiary/aromatic N) is 3. The molecule has 5 rings (SSSR count). The number of halogens is 1. The highest BCUT2D eigenvalue weighted by Gasteiger charge is 2.51. The predicted octanol–water partition coefficient (Wildman–Crippen LogP) is 2.54. The number of aromatic nitrogens is 2. The maximum atomic E-state index is 13.2. The third-order valence-corrected chi connectivity index (χ3v) is 6.63. The summed E-state index contributed by atoms with van der Waals surface area (Å²) < 4.78 is 0. The van der Waals surface area contributed by atoms with Crippen molar-refractivity contribution in [1.82, 2.24) is 19.8 Å². The van der Waals surface area contributed by atoms with Crippen molar-refractivity contribution in [1.29, 1.82) is 0 Å². The summed E-state index contributed by atoms with van der Waals surface area (Å²) in [4.78, 5) is 58.3. The summed E-state index contributed by atoms with van der Waals surface area (Å²) in [6.07, 6.45) is 4.47. The summed E-state index contributed by atoms with van der Waals surface area (Å²) in [7, 11) is 0. The molecule has 2 amide bonds. The molecule has 3 aromatic rings. The van der Waals surface area contributed by atoms with Crippen molar-refractivity contribution in [2.75, 3.05) is 19.6 Å². The molecule has 1 unspecified atom stereocenters. The molecule has 2 aliphatic rings. The summed E-state index contributed by atoms with van der Waals surface area (Å²) in [6, 6.07) is 10.6. The summed E-state index contributed by atoms with van der Waals surface area (Å²) in [5, 5.41) is 7.82. The highest BCUT2D eigenvalue weighted by Crippen LogP contribution is 2.41. The van der Waals surface area contributed by atoms with Gasteiger partial charge >= 0.3 is 0 Å². The van der Waals surface area contributed by atoms with Gasteiger partial charge in [0.15, 0.2) is 0 Å². The Morgan fingerprint density at radius 1 is 1.21 bits per heavy atom. The number of amides is 2. The molecule has 0 bridgehead atoms. The molecule has 10 heteroatoms. The van der Waals surface area contributed by atoms with E-state index in [-0.39, 0.29) is 29.3 Å². The van der Waals surface area contributed by atoms with Crippen molar-refractivity contribution >= 4 is 40.8 Å². The van der Waals surface area contributed by atoms with Crippen LogP contribution in [-0.4, -0.2) is 62.8 Å². The van der Waals surface area contributed by atoms with Crippen molar-refractivity contribution in [3.05, 3.63) is 75.3 Å². The van der Waals surface area contributed by atoms with Crippen LogP contribution in [0.2, 0.25) is 5.02 Å². The molecule has 2 aliphatic heterocycles. The lowest BCUT2D eigenvalue weighted by atomic mass is 9.85. The summed E-state index contributed by atoms with van der Waals surface area (Å²) in [5.41, 5.74) is 0.625. The third-order valence-electron chi connectivity index (χ3n) is 6.39. The second-order valence-electron chi connectivity index (χ2n) is 8.38. The zero-order valence-corrected chi connectivity index (χ0v) is 19.0. The van der Waals surface area contributed by atoms with E-state index in [4.69, 9.17) is 21.5 Å². The number of rotatable bonds is 3. The van der Waals surface area contributed by atoms with E-state index in [1.165, 1.54) is 6.20 Å². The third kappa shape index (κ3) is 4.38. The van der Waals surface area contributed by atoms with Crippen LogP contribution in [0.4, 0.5) is 0 Å². The number of benzene rings is 1. The molecule has 0 aliphatic carbocycles. The van der Waals surface area contributed by atoms with E-state index in [9.17, 15) is 14.4 Å². The van der Waals surface area contributed by atoms with Gasteiger partial charge in [0.1, 0.15) is 5.56 Å². The average Bonchev–Trinajstić information content (AvgIpc) is 3.40. The lowest BCUT2D eigenvalue weighted by Gasteiger charge is -2.23. The summed E-state index contributed by atoms with van der Waals surface area (Å²) in [5.74, 6) is -0.276. The van der Waals surface area contributed by atoms with Gasteiger partial charge in [-0.1, -0.05) is 17.7 Å². The number of carbonyl (C=O) groups excluding carboxylic acids is 2. The van der Waals surface area contributed by atoms with Gasteiger partial charge in [-0.3, -0.25) is 24.2 Å². The van der Waals surface area contributed by atoms with E-state index >= 15 is 0 Å². The number of fused-ring (bicyclic) bond motifs is 1. The lowest BCUT2D eigenvalue weighted by Crippen LogP contribution is -2.39. The van der Waals surface area contributed by atoms with Gasteiger partial charge < -0.3 is 19.9 Å². The Hall–Kier alpha value is -3.72. The Morgan fingerprint density at radius 3 is 2.71 bits per heavy atom. The first-order chi connectivity index (χ1) is 16.4. The van der Waals surface area contributed by atoms with Crippen LogP contribution in [0.5, 0.6) is 0 Å². The van der Waals surface area contributed by atoms with Gasteiger partial charge in [-0.15, -0.1) is 0 Å². The smallest absolute Gasteiger partial charge is 0.290 e. The molecule has 176 valence electrons. The Kier molecular flexibility index (Phi) is 6.65. The number of carboxylic acid groups (broad SMARTS) is 1. The van der Waals surface area contributed by atoms with Crippen LogP contribution in [0.1, 0.15) is 28.9 Å². The maximum absolute atomic E-state index is 13.2. The molecule has 2 fully saturated rings. The Morgan fingerprint density at radius 2 is 1.97 bits per heavy atom. The van der Waals surface area contributed by atoms with Gasteiger partial charge in [0.25, 0.3) is 12.4 Å². The lowest BCUT2D eigenvalue weighted by molar-refractivity contribution is -0.136. The van der Waals surface area contributed by atoms with Crippen LogP contribution in [0.3, 0.4) is 0 Å². The van der Waals surface area contributed by atoms with Crippen LogP contribution in [0.25, 0.3) is 10.9 Å². The average molecular weight is 483 g/mol. The number of carbonyl (C=O) groups is 3. The number of hydrogen-bond donors (Lipinski definition) is 2. The molecule has 0 radical (unpaired) electrons. The number of aromatic amines is 1.